The van der Waals surface area contributed by atoms with Crippen LogP contribution in [0, 0.1) is 0 Å². The highest BCUT2D eigenvalue weighted by molar-refractivity contribution is 9.10. The molecule has 0 aliphatic carbocycles. The topological polar surface area (TPSA) is 78.2 Å². The number of aromatic nitrogens is 2. The first kappa shape index (κ1) is 22.5. The van der Waals surface area contributed by atoms with E-state index < -0.39 is 6.10 Å². The summed E-state index contributed by atoms with van der Waals surface area (Å²) in [5.74, 6) is 0.894. The molecule has 0 fully saturated rings. The molecule has 0 radical (unpaired) electrons. The van der Waals surface area contributed by atoms with Crippen molar-refractivity contribution in [3.8, 4) is 17.2 Å². The molecule has 8 nitrogen and oxygen atoms in total. The highest BCUT2D eigenvalue weighted by atomic mass is 79.9. The molecule has 3 aromatic rings. The second-order valence-corrected chi connectivity index (χ2v) is 7.30. The monoisotopic (exact) mass is 486 g/mol. The number of carbonyl (C=O) groups is 1. The SMILES string of the molecule is COc1cc(/C=N/N(C)C(=O)C(OC)c2ccc(-n3cccn3)cc2)cc(OC)c1Br. The van der Waals surface area contributed by atoms with Gasteiger partial charge in [-0.25, -0.2) is 9.69 Å². The van der Waals surface area contributed by atoms with Gasteiger partial charge in [0, 0.05) is 32.1 Å². The Balaban J connectivity index is 1.76. The summed E-state index contributed by atoms with van der Waals surface area (Å²) in [6, 6.07) is 12.9. The fraction of sp³-hybridized carbons (Fsp3) is 0.227. The maximum Gasteiger partial charge on any atom is 0.276 e. The maximum absolute atomic E-state index is 12.9. The lowest BCUT2D eigenvalue weighted by Crippen LogP contribution is -2.29. The number of amides is 1. The van der Waals surface area contributed by atoms with Gasteiger partial charge in [-0.1, -0.05) is 12.1 Å². The number of hydrogen-bond acceptors (Lipinski definition) is 6. The molecule has 0 aliphatic rings. The van der Waals surface area contributed by atoms with Gasteiger partial charge in [0.25, 0.3) is 5.91 Å². The molecule has 162 valence electrons. The van der Waals surface area contributed by atoms with Crippen molar-refractivity contribution in [1.29, 1.82) is 0 Å². The lowest BCUT2D eigenvalue weighted by molar-refractivity contribution is -0.141. The molecule has 1 aromatic heterocycles. The zero-order valence-electron chi connectivity index (χ0n) is 17.7. The molecule has 31 heavy (non-hydrogen) atoms. The van der Waals surface area contributed by atoms with Crippen molar-refractivity contribution in [2.24, 2.45) is 5.10 Å². The Labute approximate surface area is 189 Å². The fourth-order valence-corrected chi connectivity index (χ4v) is 3.50. The molecule has 0 saturated carbocycles. The number of hydrazone groups is 1. The predicted octanol–water partition coefficient (Wildman–Crippen LogP) is 3.83. The molecule has 1 atom stereocenters. The third-order valence-electron chi connectivity index (χ3n) is 4.59. The first-order valence-electron chi connectivity index (χ1n) is 9.34. The van der Waals surface area contributed by atoms with Crippen molar-refractivity contribution in [3.63, 3.8) is 0 Å². The van der Waals surface area contributed by atoms with E-state index in [0.717, 1.165) is 11.3 Å². The molecule has 1 amide bonds. The normalized spacial score (nSPS) is 12.0. The van der Waals surface area contributed by atoms with E-state index >= 15 is 0 Å². The molecule has 0 N–H and O–H groups in total. The number of nitrogens with zero attached hydrogens (tertiary/aromatic N) is 4. The highest BCUT2D eigenvalue weighted by Crippen LogP contribution is 2.35. The Morgan fingerprint density at radius 1 is 1.16 bits per heavy atom. The van der Waals surface area contributed by atoms with Crippen LogP contribution in [0.5, 0.6) is 11.5 Å². The van der Waals surface area contributed by atoms with Crippen LogP contribution in [0.25, 0.3) is 5.69 Å². The van der Waals surface area contributed by atoms with Gasteiger partial charge in [-0.3, -0.25) is 4.79 Å². The third kappa shape index (κ3) is 5.12. The van der Waals surface area contributed by atoms with Crippen LogP contribution in [-0.2, 0) is 9.53 Å². The van der Waals surface area contributed by atoms with Crippen molar-refractivity contribution in [2.75, 3.05) is 28.4 Å². The Hall–Kier alpha value is -3.17. The van der Waals surface area contributed by atoms with Gasteiger partial charge < -0.3 is 14.2 Å². The summed E-state index contributed by atoms with van der Waals surface area (Å²) >= 11 is 3.43. The minimum Gasteiger partial charge on any atom is -0.495 e. The van der Waals surface area contributed by atoms with Gasteiger partial charge in [-0.15, -0.1) is 0 Å². The van der Waals surface area contributed by atoms with Gasteiger partial charge >= 0.3 is 0 Å². The summed E-state index contributed by atoms with van der Waals surface area (Å²) < 4.78 is 18.6. The summed E-state index contributed by atoms with van der Waals surface area (Å²) in [6.07, 6.45) is 4.33. The molecule has 1 unspecified atom stereocenters. The quantitative estimate of drug-likeness (QED) is 0.357. The van der Waals surface area contributed by atoms with Crippen LogP contribution in [0.4, 0.5) is 0 Å². The average molecular weight is 487 g/mol. The van der Waals surface area contributed by atoms with Gasteiger partial charge in [0.05, 0.1) is 26.1 Å². The highest BCUT2D eigenvalue weighted by Gasteiger charge is 2.23. The first-order chi connectivity index (χ1) is 15.0. The van der Waals surface area contributed by atoms with Gasteiger partial charge in [0.2, 0.25) is 0 Å². The van der Waals surface area contributed by atoms with Crippen molar-refractivity contribution in [3.05, 3.63) is 70.5 Å². The van der Waals surface area contributed by atoms with Gasteiger partial charge in [-0.05, 0) is 51.8 Å². The van der Waals surface area contributed by atoms with Crippen LogP contribution in [-0.4, -0.2) is 55.3 Å². The maximum atomic E-state index is 12.9. The summed E-state index contributed by atoms with van der Waals surface area (Å²) in [6.45, 7) is 0. The fourth-order valence-electron chi connectivity index (χ4n) is 2.95. The number of carbonyl (C=O) groups excluding carboxylic acids is 1. The molecular formula is C22H23BrN4O4. The zero-order valence-corrected chi connectivity index (χ0v) is 19.2. The van der Waals surface area contributed by atoms with Gasteiger partial charge in [0.1, 0.15) is 16.0 Å². The van der Waals surface area contributed by atoms with E-state index in [-0.39, 0.29) is 5.91 Å². The van der Waals surface area contributed by atoms with E-state index in [2.05, 4.69) is 26.1 Å². The molecule has 1 heterocycles. The Morgan fingerprint density at radius 2 is 1.81 bits per heavy atom. The van der Waals surface area contributed by atoms with Gasteiger partial charge in [-0.2, -0.15) is 10.2 Å². The number of likely N-dealkylation sites (N-methyl/N-ethyl adjacent to an activating group) is 1. The minimum absolute atomic E-state index is 0.304. The number of halogens is 1. The van der Waals surface area contributed by atoms with E-state index in [1.54, 1.807) is 50.5 Å². The van der Waals surface area contributed by atoms with E-state index in [9.17, 15) is 4.79 Å². The molecule has 3 rings (SSSR count). The van der Waals surface area contributed by atoms with E-state index in [4.69, 9.17) is 14.2 Å². The van der Waals surface area contributed by atoms with Crippen molar-refractivity contribution >= 4 is 28.1 Å². The first-order valence-corrected chi connectivity index (χ1v) is 10.1. The van der Waals surface area contributed by atoms with Crippen LogP contribution < -0.4 is 9.47 Å². The molecular weight excluding hydrogens is 464 g/mol. The van der Waals surface area contributed by atoms with E-state index in [0.29, 0.717) is 21.5 Å². The van der Waals surface area contributed by atoms with Crippen molar-refractivity contribution < 1.29 is 19.0 Å². The standard InChI is InChI=1S/C22H23BrN4O4/c1-26(25-14-15-12-18(29-2)20(23)19(13-15)30-3)22(28)21(31-4)16-6-8-17(9-7-16)27-11-5-10-24-27/h5-14,21H,1-4H3/b25-14+. The Morgan fingerprint density at radius 3 is 2.32 bits per heavy atom. The van der Waals surface area contributed by atoms with Crippen molar-refractivity contribution in [2.45, 2.75) is 6.10 Å². The summed E-state index contributed by atoms with van der Waals surface area (Å²) in [5.41, 5.74) is 2.33. The van der Waals surface area contributed by atoms with E-state index in [1.807, 2.05) is 36.5 Å². The molecule has 2 aromatic carbocycles. The minimum atomic E-state index is -0.789. The number of benzene rings is 2. The largest absolute Gasteiger partial charge is 0.495 e. The average Bonchev–Trinajstić information content (AvgIpc) is 3.34. The van der Waals surface area contributed by atoms with Crippen LogP contribution in [0.2, 0.25) is 0 Å². The molecule has 0 bridgehead atoms. The second kappa shape index (κ2) is 10.2. The summed E-state index contributed by atoms with van der Waals surface area (Å²) in [4.78, 5) is 12.9. The number of hydrogen-bond donors (Lipinski definition) is 0. The molecule has 0 aliphatic heterocycles. The lowest BCUT2D eigenvalue weighted by atomic mass is 10.1. The predicted molar refractivity (Wildman–Crippen MR) is 121 cm³/mol. The van der Waals surface area contributed by atoms with Crippen LogP contribution in [0.1, 0.15) is 17.2 Å². The molecule has 0 saturated heterocycles. The second-order valence-electron chi connectivity index (χ2n) is 6.50. The number of methoxy groups -OCH3 is 3. The molecule has 0 spiro atoms. The third-order valence-corrected chi connectivity index (χ3v) is 5.37. The molecule has 9 heteroatoms. The summed E-state index contributed by atoms with van der Waals surface area (Å²) in [7, 11) is 6.20. The smallest absolute Gasteiger partial charge is 0.276 e. The van der Waals surface area contributed by atoms with Gasteiger partial charge in [0.15, 0.2) is 6.10 Å². The number of ether oxygens (including phenoxy) is 3. The lowest BCUT2D eigenvalue weighted by Gasteiger charge is -2.19. The number of rotatable bonds is 8. The van der Waals surface area contributed by atoms with Crippen LogP contribution >= 0.6 is 15.9 Å². The van der Waals surface area contributed by atoms with Crippen LogP contribution in [0.3, 0.4) is 0 Å². The van der Waals surface area contributed by atoms with E-state index in [1.165, 1.54) is 12.1 Å². The zero-order chi connectivity index (χ0) is 22.4. The Bertz CT molecular complexity index is 1030. The summed E-state index contributed by atoms with van der Waals surface area (Å²) in [5, 5.41) is 9.71. The van der Waals surface area contributed by atoms with Crippen molar-refractivity contribution in [1.82, 2.24) is 14.8 Å². The Kier molecular flexibility index (Phi) is 7.43. The van der Waals surface area contributed by atoms with Crippen LogP contribution in [0.15, 0.2) is 64.4 Å².